The second kappa shape index (κ2) is 11.5. The largest absolute Gasteiger partial charge is 0.493 e. The number of nitrogens with one attached hydrogen (secondary N) is 3. The molecule has 2 aromatic rings. The van der Waals surface area contributed by atoms with E-state index in [1.807, 2.05) is 12.1 Å². The first-order chi connectivity index (χ1) is 17.9. The summed E-state index contributed by atoms with van der Waals surface area (Å²) in [4.78, 5) is 37.3. The molecule has 0 aromatic heterocycles. The fourth-order valence-electron chi connectivity index (χ4n) is 4.85. The molecule has 0 aliphatic heterocycles. The van der Waals surface area contributed by atoms with Gasteiger partial charge in [0.05, 0.1) is 33.1 Å². The predicted octanol–water partition coefficient (Wildman–Crippen LogP) is 3.33. The number of methoxy groups -OCH3 is 3. The van der Waals surface area contributed by atoms with Gasteiger partial charge < -0.3 is 30.2 Å². The van der Waals surface area contributed by atoms with E-state index in [9.17, 15) is 14.4 Å². The van der Waals surface area contributed by atoms with Crippen molar-refractivity contribution in [2.24, 2.45) is 0 Å². The molecule has 1 saturated carbocycles. The van der Waals surface area contributed by atoms with Gasteiger partial charge in [-0.15, -0.1) is 0 Å². The molecule has 2 amide bonds. The summed E-state index contributed by atoms with van der Waals surface area (Å²) in [6.07, 6.45) is 4.36. The van der Waals surface area contributed by atoms with E-state index in [1.165, 1.54) is 6.92 Å². The lowest BCUT2D eigenvalue weighted by molar-refractivity contribution is -0.121. The number of hydrogen-bond donors (Lipinski definition) is 3. The lowest BCUT2D eigenvalue weighted by atomic mass is 9.95. The summed E-state index contributed by atoms with van der Waals surface area (Å²) in [5.74, 6) is 1.39. The quantitative estimate of drug-likeness (QED) is 0.421. The lowest BCUT2D eigenvalue weighted by Crippen LogP contribution is -2.26. The third-order valence-electron chi connectivity index (χ3n) is 6.75. The van der Waals surface area contributed by atoms with Gasteiger partial charge in [0.15, 0.2) is 11.5 Å². The van der Waals surface area contributed by atoms with Crippen LogP contribution in [0.2, 0.25) is 0 Å². The maximum Gasteiger partial charge on any atom is 0.220 e. The Kier molecular flexibility index (Phi) is 8.21. The van der Waals surface area contributed by atoms with Crippen LogP contribution in [0.5, 0.6) is 17.2 Å². The van der Waals surface area contributed by atoms with Crippen molar-refractivity contribution in [1.29, 1.82) is 0 Å². The maximum atomic E-state index is 13.3. The molecule has 9 heteroatoms. The van der Waals surface area contributed by atoms with Crippen molar-refractivity contribution in [3.05, 3.63) is 45.6 Å². The van der Waals surface area contributed by atoms with Crippen LogP contribution in [-0.2, 0) is 16.0 Å². The van der Waals surface area contributed by atoms with Crippen LogP contribution in [0, 0.1) is 0 Å². The first-order valence-electron chi connectivity index (χ1n) is 12.7. The van der Waals surface area contributed by atoms with Gasteiger partial charge in [-0.25, -0.2) is 0 Å². The number of amides is 2. The highest BCUT2D eigenvalue weighted by Crippen LogP contribution is 2.50. The van der Waals surface area contributed by atoms with Gasteiger partial charge in [0.25, 0.3) is 0 Å². The molecule has 0 heterocycles. The molecule has 9 nitrogen and oxygen atoms in total. The second-order valence-electron chi connectivity index (χ2n) is 9.47. The number of rotatable bonds is 10. The number of carbonyl (C=O) groups excluding carboxylic acids is 2. The minimum absolute atomic E-state index is 0.0446. The van der Waals surface area contributed by atoms with Crippen LogP contribution in [0.1, 0.15) is 56.2 Å². The molecule has 1 unspecified atom stereocenters. The number of benzene rings is 1. The standard InChI is InChI=1S/C28H35N3O6/c1-16(32)30-21-11-7-17-14-24(35-2)27(36-3)28(37-4)26(17)19-10-12-22(23(33)15-20(19)21)29-13-5-6-25(34)31-18-8-9-18/h10,12,14-15,18,21H,5-9,11,13H2,1-4H3,(H,29,33)(H,30,32)(H,31,34). The van der Waals surface area contributed by atoms with Gasteiger partial charge in [0.1, 0.15) is 0 Å². The number of carbonyl (C=O) groups is 2. The van der Waals surface area contributed by atoms with Crippen LogP contribution in [0.15, 0.2) is 29.1 Å². The molecule has 198 valence electrons. The van der Waals surface area contributed by atoms with Crippen molar-refractivity contribution >= 4 is 17.5 Å². The number of ether oxygens (including phenoxy) is 3. The molecule has 2 aliphatic carbocycles. The number of anilines is 1. The first kappa shape index (κ1) is 26.3. The Morgan fingerprint density at radius 1 is 0.973 bits per heavy atom. The van der Waals surface area contributed by atoms with E-state index in [-0.39, 0.29) is 23.3 Å². The van der Waals surface area contributed by atoms with Gasteiger partial charge in [-0.1, -0.05) is 6.07 Å². The molecule has 1 fully saturated rings. The van der Waals surface area contributed by atoms with Crippen molar-refractivity contribution in [2.45, 2.75) is 57.5 Å². The number of hydrogen-bond acceptors (Lipinski definition) is 7. The van der Waals surface area contributed by atoms with Crippen LogP contribution < -0.4 is 35.6 Å². The fraction of sp³-hybridized carbons (Fsp3) is 0.464. The molecule has 0 bridgehead atoms. The summed E-state index contributed by atoms with van der Waals surface area (Å²) in [5.41, 5.74) is 3.50. The Morgan fingerprint density at radius 2 is 1.73 bits per heavy atom. The average molecular weight is 510 g/mol. The molecule has 0 saturated heterocycles. The zero-order valence-electron chi connectivity index (χ0n) is 21.9. The van der Waals surface area contributed by atoms with Gasteiger partial charge in [0, 0.05) is 31.5 Å². The lowest BCUT2D eigenvalue weighted by Gasteiger charge is -2.19. The van der Waals surface area contributed by atoms with E-state index in [2.05, 4.69) is 16.0 Å². The van der Waals surface area contributed by atoms with Crippen LogP contribution in [0.3, 0.4) is 0 Å². The highest BCUT2D eigenvalue weighted by atomic mass is 16.5. The van der Waals surface area contributed by atoms with E-state index < -0.39 is 0 Å². The number of aryl methyl sites for hydroxylation is 1. The Morgan fingerprint density at radius 3 is 2.38 bits per heavy atom. The normalized spacial score (nSPS) is 15.9. The summed E-state index contributed by atoms with van der Waals surface area (Å²) < 4.78 is 17.0. The number of fused-ring (bicyclic) bond motifs is 3. The van der Waals surface area contributed by atoms with Crippen LogP contribution in [0.25, 0.3) is 11.1 Å². The molecule has 0 radical (unpaired) electrons. The molecule has 3 N–H and O–H groups in total. The zero-order valence-corrected chi connectivity index (χ0v) is 21.9. The van der Waals surface area contributed by atoms with E-state index in [0.717, 1.165) is 29.5 Å². The predicted molar refractivity (Wildman–Crippen MR) is 142 cm³/mol. The van der Waals surface area contributed by atoms with Gasteiger partial charge in [-0.3, -0.25) is 14.4 Å². The van der Waals surface area contributed by atoms with E-state index >= 15 is 0 Å². The monoisotopic (exact) mass is 509 g/mol. The Labute approximate surface area is 216 Å². The summed E-state index contributed by atoms with van der Waals surface area (Å²) in [5, 5.41) is 9.17. The molecule has 4 rings (SSSR count). The average Bonchev–Trinajstić information content (AvgIpc) is 3.71. The van der Waals surface area contributed by atoms with Crippen LogP contribution in [-0.4, -0.2) is 45.7 Å². The topological polar surface area (TPSA) is 115 Å². The molecule has 0 spiro atoms. The summed E-state index contributed by atoms with van der Waals surface area (Å²) >= 11 is 0. The third kappa shape index (κ3) is 5.98. The summed E-state index contributed by atoms with van der Waals surface area (Å²) in [7, 11) is 4.70. The minimum Gasteiger partial charge on any atom is -0.493 e. The molecule has 2 aromatic carbocycles. The van der Waals surface area contributed by atoms with Crippen LogP contribution >= 0.6 is 0 Å². The van der Waals surface area contributed by atoms with Crippen molar-refractivity contribution < 1.29 is 23.8 Å². The molecular formula is C28H35N3O6. The van der Waals surface area contributed by atoms with Gasteiger partial charge in [-0.05, 0) is 67.0 Å². The Balaban J connectivity index is 1.72. The summed E-state index contributed by atoms with van der Waals surface area (Å²) in [6, 6.07) is 7.12. The molecular weight excluding hydrogens is 474 g/mol. The van der Waals surface area contributed by atoms with E-state index in [4.69, 9.17) is 14.2 Å². The van der Waals surface area contributed by atoms with Crippen molar-refractivity contribution in [1.82, 2.24) is 10.6 Å². The van der Waals surface area contributed by atoms with E-state index in [0.29, 0.717) is 66.8 Å². The second-order valence-corrected chi connectivity index (χ2v) is 9.47. The Hall–Kier alpha value is -3.75. The van der Waals surface area contributed by atoms with Crippen molar-refractivity contribution in [3.8, 4) is 28.4 Å². The van der Waals surface area contributed by atoms with Crippen LogP contribution in [0.4, 0.5) is 5.69 Å². The van der Waals surface area contributed by atoms with Gasteiger partial charge >= 0.3 is 0 Å². The minimum atomic E-state index is -0.360. The Bertz CT molecular complexity index is 1240. The van der Waals surface area contributed by atoms with Crippen molar-refractivity contribution in [3.63, 3.8) is 0 Å². The smallest absolute Gasteiger partial charge is 0.220 e. The van der Waals surface area contributed by atoms with Crippen molar-refractivity contribution in [2.75, 3.05) is 33.2 Å². The third-order valence-corrected chi connectivity index (χ3v) is 6.75. The fourth-order valence-corrected chi connectivity index (χ4v) is 4.85. The molecule has 1 atom stereocenters. The maximum absolute atomic E-state index is 13.3. The van der Waals surface area contributed by atoms with E-state index in [1.54, 1.807) is 33.5 Å². The SMILES string of the molecule is COc1cc2c(c(OC)c1OC)-c1ccc(NCCCC(=O)NC3CC3)c(=O)cc1C(NC(C)=O)CC2. The zero-order chi connectivity index (χ0) is 26.5. The molecule has 37 heavy (non-hydrogen) atoms. The highest BCUT2D eigenvalue weighted by Gasteiger charge is 2.29. The summed E-state index contributed by atoms with van der Waals surface area (Å²) in [6.45, 7) is 1.96. The van der Waals surface area contributed by atoms with Gasteiger partial charge in [0.2, 0.25) is 23.0 Å². The molecule has 2 aliphatic rings. The first-order valence-corrected chi connectivity index (χ1v) is 12.7. The highest BCUT2D eigenvalue weighted by molar-refractivity contribution is 5.83. The van der Waals surface area contributed by atoms with Gasteiger partial charge in [-0.2, -0.15) is 0 Å².